The molecule has 1 fully saturated rings. The lowest BCUT2D eigenvalue weighted by molar-refractivity contribution is -0.128. The monoisotopic (exact) mass is 308 g/mol. The van der Waals surface area contributed by atoms with E-state index in [1.54, 1.807) is 11.0 Å². The van der Waals surface area contributed by atoms with Gasteiger partial charge in [0.15, 0.2) is 0 Å². The van der Waals surface area contributed by atoms with Gasteiger partial charge in [-0.25, -0.2) is 4.39 Å². The normalized spacial score (nSPS) is 19.1. The molecule has 1 atom stereocenters. The van der Waals surface area contributed by atoms with Crippen LogP contribution in [0.15, 0.2) is 18.2 Å². The Morgan fingerprint density at radius 1 is 1.43 bits per heavy atom. The molecule has 21 heavy (non-hydrogen) atoms. The Balaban J connectivity index is 2.16. The molecule has 2 rings (SSSR count). The standard InChI is InChI=1S/C16H21FN2OS/c1-16(2,3)12-7-14(20)19(9-12)8-10-4-11(15(18)21)6-13(17)5-10/h4-6,12H,7-9H2,1-3H3,(H2,18,21). The minimum atomic E-state index is -0.380. The van der Waals surface area contributed by atoms with Crippen LogP contribution in [-0.4, -0.2) is 22.3 Å². The van der Waals surface area contributed by atoms with Gasteiger partial charge in [-0.3, -0.25) is 4.79 Å². The number of hydrogen-bond acceptors (Lipinski definition) is 2. The Labute approximate surface area is 130 Å². The first-order valence-electron chi connectivity index (χ1n) is 7.04. The van der Waals surface area contributed by atoms with Crippen molar-refractivity contribution >= 4 is 23.1 Å². The molecule has 0 spiro atoms. The van der Waals surface area contributed by atoms with Crippen LogP contribution in [0.25, 0.3) is 0 Å². The molecule has 5 heteroatoms. The summed E-state index contributed by atoms with van der Waals surface area (Å²) < 4.78 is 13.6. The maximum Gasteiger partial charge on any atom is 0.223 e. The van der Waals surface area contributed by atoms with Gasteiger partial charge in [-0.1, -0.05) is 33.0 Å². The number of amides is 1. The van der Waals surface area contributed by atoms with E-state index >= 15 is 0 Å². The van der Waals surface area contributed by atoms with Gasteiger partial charge < -0.3 is 10.6 Å². The SMILES string of the molecule is CC(C)(C)C1CC(=O)N(Cc2cc(F)cc(C(N)=S)c2)C1. The highest BCUT2D eigenvalue weighted by atomic mass is 32.1. The number of carbonyl (C=O) groups excluding carboxylic acids is 1. The van der Waals surface area contributed by atoms with Crippen LogP contribution >= 0.6 is 12.2 Å². The second-order valence-corrected chi connectivity index (χ2v) is 7.19. The summed E-state index contributed by atoms with van der Waals surface area (Å²) in [6.45, 7) is 7.53. The number of carbonyl (C=O) groups is 1. The lowest BCUT2D eigenvalue weighted by atomic mass is 9.80. The molecule has 0 saturated carbocycles. The van der Waals surface area contributed by atoms with Crippen molar-refractivity contribution in [1.29, 1.82) is 0 Å². The Hall–Kier alpha value is -1.49. The van der Waals surface area contributed by atoms with Crippen molar-refractivity contribution in [2.75, 3.05) is 6.54 Å². The largest absolute Gasteiger partial charge is 0.389 e. The van der Waals surface area contributed by atoms with Gasteiger partial charge in [-0.2, -0.15) is 0 Å². The van der Waals surface area contributed by atoms with Gasteiger partial charge in [0, 0.05) is 25.1 Å². The zero-order valence-electron chi connectivity index (χ0n) is 12.6. The summed E-state index contributed by atoms with van der Waals surface area (Å²) in [5.74, 6) is 0.0685. The molecule has 1 aliphatic heterocycles. The minimum absolute atomic E-state index is 0.0936. The second-order valence-electron chi connectivity index (χ2n) is 6.75. The van der Waals surface area contributed by atoms with Crippen molar-refractivity contribution < 1.29 is 9.18 Å². The van der Waals surface area contributed by atoms with E-state index in [2.05, 4.69) is 20.8 Å². The number of nitrogens with zero attached hydrogens (tertiary/aromatic N) is 1. The van der Waals surface area contributed by atoms with Crippen LogP contribution in [0.4, 0.5) is 4.39 Å². The van der Waals surface area contributed by atoms with E-state index in [1.807, 2.05) is 0 Å². The smallest absolute Gasteiger partial charge is 0.223 e. The Morgan fingerprint density at radius 2 is 2.10 bits per heavy atom. The molecule has 1 heterocycles. The molecule has 0 aliphatic carbocycles. The van der Waals surface area contributed by atoms with Gasteiger partial charge >= 0.3 is 0 Å². The fourth-order valence-corrected chi connectivity index (χ4v) is 2.73. The third-order valence-electron chi connectivity index (χ3n) is 4.05. The van der Waals surface area contributed by atoms with Crippen LogP contribution in [0.5, 0.6) is 0 Å². The summed E-state index contributed by atoms with van der Waals surface area (Å²) in [6.07, 6.45) is 0.557. The molecule has 1 aromatic rings. The van der Waals surface area contributed by atoms with Crippen molar-refractivity contribution in [3.63, 3.8) is 0 Å². The van der Waals surface area contributed by atoms with E-state index in [9.17, 15) is 9.18 Å². The molecule has 114 valence electrons. The Kier molecular flexibility index (Phi) is 4.33. The molecule has 1 aromatic carbocycles. The number of benzene rings is 1. The molecule has 1 unspecified atom stereocenters. The van der Waals surface area contributed by atoms with Crippen molar-refractivity contribution in [3.8, 4) is 0 Å². The third kappa shape index (κ3) is 3.79. The molecule has 1 amide bonds. The second kappa shape index (κ2) is 5.72. The molecular formula is C16H21FN2OS. The quantitative estimate of drug-likeness (QED) is 0.873. The maximum absolute atomic E-state index is 13.6. The molecule has 1 saturated heterocycles. The highest BCUT2D eigenvalue weighted by molar-refractivity contribution is 7.80. The summed E-state index contributed by atoms with van der Waals surface area (Å²) in [4.78, 5) is 14.1. The zero-order chi connectivity index (χ0) is 15.8. The third-order valence-corrected chi connectivity index (χ3v) is 4.29. The van der Waals surface area contributed by atoms with Crippen LogP contribution in [0.1, 0.15) is 38.3 Å². The van der Waals surface area contributed by atoms with E-state index in [0.717, 1.165) is 5.56 Å². The average Bonchev–Trinajstić information content (AvgIpc) is 2.70. The highest BCUT2D eigenvalue weighted by Crippen LogP contribution is 2.34. The highest BCUT2D eigenvalue weighted by Gasteiger charge is 2.36. The summed E-state index contributed by atoms with van der Waals surface area (Å²) in [6, 6.07) is 4.50. The molecule has 1 aliphatic rings. The predicted octanol–water partition coefficient (Wildman–Crippen LogP) is 2.85. The Bertz CT molecular complexity index is 580. The van der Waals surface area contributed by atoms with E-state index in [4.69, 9.17) is 18.0 Å². The van der Waals surface area contributed by atoms with Crippen LogP contribution in [0.3, 0.4) is 0 Å². The Morgan fingerprint density at radius 3 is 2.62 bits per heavy atom. The van der Waals surface area contributed by atoms with Gasteiger partial charge in [0.05, 0.1) is 0 Å². The summed E-state index contributed by atoms with van der Waals surface area (Å²) in [5.41, 5.74) is 6.87. The molecule has 0 radical (unpaired) electrons. The van der Waals surface area contributed by atoms with Crippen LogP contribution in [0.2, 0.25) is 0 Å². The molecule has 0 bridgehead atoms. The number of hydrogen-bond donors (Lipinski definition) is 1. The van der Waals surface area contributed by atoms with Crippen LogP contribution < -0.4 is 5.73 Å². The van der Waals surface area contributed by atoms with Crippen molar-refractivity contribution in [2.45, 2.75) is 33.7 Å². The first kappa shape index (κ1) is 15.9. The number of halogens is 1. The zero-order valence-corrected chi connectivity index (χ0v) is 13.5. The van der Waals surface area contributed by atoms with Crippen molar-refractivity contribution in [2.24, 2.45) is 17.1 Å². The minimum Gasteiger partial charge on any atom is -0.389 e. The fourth-order valence-electron chi connectivity index (χ4n) is 2.61. The van der Waals surface area contributed by atoms with E-state index in [0.29, 0.717) is 31.0 Å². The average molecular weight is 308 g/mol. The van der Waals surface area contributed by atoms with Gasteiger partial charge in [-0.15, -0.1) is 0 Å². The lowest BCUT2D eigenvalue weighted by Crippen LogP contribution is -2.27. The number of rotatable bonds is 3. The van der Waals surface area contributed by atoms with Crippen LogP contribution in [0, 0.1) is 17.2 Å². The first-order chi connectivity index (χ1) is 9.66. The molecule has 3 nitrogen and oxygen atoms in total. The number of likely N-dealkylation sites (tertiary alicyclic amines) is 1. The maximum atomic E-state index is 13.6. The molecule has 2 N–H and O–H groups in total. The first-order valence-corrected chi connectivity index (χ1v) is 7.44. The molecule has 0 aromatic heterocycles. The van der Waals surface area contributed by atoms with E-state index < -0.39 is 0 Å². The lowest BCUT2D eigenvalue weighted by Gasteiger charge is -2.26. The topological polar surface area (TPSA) is 46.3 Å². The van der Waals surface area contributed by atoms with E-state index in [-0.39, 0.29) is 22.1 Å². The predicted molar refractivity (Wildman–Crippen MR) is 85.3 cm³/mol. The van der Waals surface area contributed by atoms with Crippen molar-refractivity contribution in [1.82, 2.24) is 4.90 Å². The van der Waals surface area contributed by atoms with E-state index in [1.165, 1.54) is 12.1 Å². The van der Waals surface area contributed by atoms with Gasteiger partial charge in [-0.05, 0) is 35.1 Å². The summed E-state index contributed by atoms with van der Waals surface area (Å²) >= 11 is 4.89. The van der Waals surface area contributed by atoms with Crippen LogP contribution in [-0.2, 0) is 11.3 Å². The summed E-state index contributed by atoms with van der Waals surface area (Å²) in [5, 5.41) is 0. The fraction of sp³-hybridized carbons (Fsp3) is 0.500. The summed E-state index contributed by atoms with van der Waals surface area (Å²) in [7, 11) is 0. The molecular weight excluding hydrogens is 287 g/mol. The van der Waals surface area contributed by atoms with Gasteiger partial charge in [0.25, 0.3) is 0 Å². The van der Waals surface area contributed by atoms with Gasteiger partial charge in [0.2, 0.25) is 5.91 Å². The van der Waals surface area contributed by atoms with Gasteiger partial charge in [0.1, 0.15) is 10.8 Å². The number of nitrogens with two attached hydrogens (primary N) is 1. The van der Waals surface area contributed by atoms with Crippen molar-refractivity contribution in [3.05, 3.63) is 35.1 Å². The number of thiocarbonyl (C=S) groups is 1.